The van der Waals surface area contributed by atoms with Gasteiger partial charge in [-0.2, -0.15) is 0 Å². The highest BCUT2D eigenvalue weighted by Crippen LogP contribution is 2.28. The van der Waals surface area contributed by atoms with Crippen molar-refractivity contribution in [3.63, 3.8) is 0 Å². The minimum absolute atomic E-state index is 0.00220. The molecule has 120 valence electrons. The summed E-state index contributed by atoms with van der Waals surface area (Å²) in [5.74, 6) is 0.847. The largest absolute Gasteiger partial charge is 0.465 e. The molecule has 0 saturated heterocycles. The number of hydrogen-bond acceptors (Lipinski definition) is 7. The van der Waals surface area contributed by atoms with Crippen molar-refractivity contribution in [3.8, 4) is 0 Å². The summed E-state index contributed by atoms with van der Waals surface area (Å²) in [5.41, 5.74) is 7.54. The third-order valence-corrected chi connectivity index (χ3v) is 4.33. The van der Waals surface area contributed by atoms with Crippen molar-refractivity contribution < 1.29 is 13.2 Å². The van der Waals surface area contributed by atoms with Crippen molar-refractivity contribution in [1.29, 1.82) is 0 Å². The molecule has 1 atom stereocenters. The molecule has 1 aromatic heterocycles. The fourth-order valence-electron chi connectivity index (χ4n) is 2.24. The SMILES string of the molecule is CS(=O)(=O)CCN=C1C=CC(c2ccc3ncnc(N)c3c2)O1. The topological polar surface area (TPSA) is 108 Å². The maximum absolute atomic E-state index is 11.1. The molecule has 0 fully saturated rings. The first kappa shape index (κ1) is 15.4. The Hall–Kier alpha value is -2.48. The fourth-order valence-corrected chi connectivity index (χ4v) is 2.66. The van der Waals surface area contributed by atoms with Gasteiger partial charge in [0.05, 0.1) is 17.8 Å². The molecule has 2 heterocycles. The lowest BCUT2D eigenvalue weighted by Crippen LogP contribution is -2.08. The van der Waals surface area contributed by atoms with Gasteiger partial charge in [0, 0.05) is 11.6 Å². The van der Waals surface area contributed by atoms with Crippen LogP contribution < -0.4 is 5.73 Å². The van der Waals surface area contributed by atoms with E-state index in [9.17, 15) is 8.42 Å². The smallest absolute Gasteiger partial charge is 0.209 e. The second-order valence-electron chi connectivity index (χ2n) is 5.28. The monoisotopic (exact) mass is 332 g/mol. The predicted molar refractivity (Wildman–Crippen MR) is 88.9 cm³/mol. The molecule has 2 aromatic rings. The Morgan fingerprint density at radius 1 is 1.35 bits per heavy atom. The van der Waals surface area contributed by atoms with Crippen LogP contribution >= 0.6 is 0 Å². The van der Waals surface area contributed by atoms with Crippen LogP contribution in [0.4, 0.5) is 5.82 Å². The Morgan fingerprint density at radius 3 is 2.96 bits per heavy atom. The van der Waals surface area contributed by atoms with E-state index in [-0.39, 0.29) is 18.4 Å². The number of nitrogen functional groups attached to an aromatic ring is 1. The third-order valence-electron chi connectivity index (χ3n) is 3.41. The van der Waals surface area contributed by atoms with Crippen molar-refractivity contribution in [1.82, 2.24) is 9.97 Å². The van der Waals surface area contributed by atoms with E-state index in [1.165, 1.54) is 12.6 Å². The maximum atomic E-state index is 11.1. The Labute approximate surface area is 133 Å². The van der Waals surface area contributed by atoms with Gasteiger partial charge < -0.3 is 10.5 Å². The van der Waals surface area contributed by atoms with E-state index in [1.807, 2.05) is 24.3 Å². The Bertz CT molecular complexity index is 906. The van der Waals surface area contributed by atoms with E-state index in [4.69, 9.17) is 10.5 Å². The highest BCUT2D eigenvalue weighted by atomic mass is 32.2. The van der Waals surface area contributed by atoms with Crippen LogP contribution in [0.15, 0.2) is 41.7 Å². The second-order valence-corrected chi connectivity index (χ2v) is 7.54. The lowest BCUT2D eigenvalue weighted by molar-refractivity contribution is 0.256. The average Bonchev–Trinajstić information content (AvgIpc) is 2.95. The number of benzene rings is 1. The van der Waals surface area contributed by atoms with Crippen LogP contribution in [0.5, 0.6) is 0 Å². The van der Waals surface area contributed by atoms with Gasteiger partial charge in [-0.3, -0.25) is 4.99 Å². The molecular formula is C15H16N4O3S. The molecule has 1 aliphatic rings. The number of anilines is 1. The maximum Gasteiger partial charge on any atom is 0.209 e. The van der Waals surface area contributed by atoms with Gasteiger partial charge in [-0.25, -0.2) is 18.4 Å². The molecule has 0 amide bonds. The zero-order chi connectivity index (χ0) is 16.4. The van der Waals surface area contributed by atoms with Crippen LogP contribution in [0.3, 0.4) is 0 Å². The van der Waals surface area contributed by atoms with Gasteiger partial charge in [-0.05, 0) is 29.8 Å². The zero-order valence-electron chi connectivity index (χ0n) is 12.5. The molecule has 23 heavy (non-hydrogen) atoms. The molecule has 1 aromatic carbocycles. The molecule has 8 heteroatoms. The normalized spacial score (nSPS) is 19.3. The average molecular weight is 332 g/mol. The van der Waals surface area contributed by atoms with Gasteiger partial charge in [0.25, 0.3) is 0 Å². The number of rotatable bonds is 4. The number of sulfone groups is 1. The summed E-state index contributed by atoms with van der Waals surface area (Å²) in [6, 6.07) is 5.65. The van der Waals surface area contributed by atoms with E-state index >= 15 is 0 Å². The number of aliphatic imine (C=N–C) groups is 1. The van der Waals surface area contributed by atoms with Gasteiger partial charge in [-0.15, -0.1) is 0 Å². The van der Waals surface area contributed by atoms with E-state index in [0.717, 1.165) is 16.5 Å². The van der Waals surface area contributed by atoms with Crippen LogP contribution in [0.1, 0.15) is 11.7 Å². The van der Waals surface area contributed by atoms with E-state index in [2.05, 4.69) is 15.0 Å². The Kier molecular flexibility index (Phi) is 3.99. The molecular weight excluding hydrogens is 316 g/mol. The van der Waals surface area contributed by atoms with Crippen LogP contribution in [-0.2, 0) is 14.6 Å². The number of nitrogens with two attached hydrogens (primary N) is 1. The van der Waals surface area contributed by atoms with Crippen LogP contribution in [0.25, 0.3) is 10.9 Å². The van der Waals surface area contributed by atoms with Crippen molar-refractivity contribution in [2.75, 3.05) is 24.3 Å². The van der Waals surface area contributed by atoms with Gasteiger partial charge in [0.15, 0.2) is 0 Å². The number of fused-ring (bicyclic) bond motifs is 1. The first-order chi connectivity index (χ1) is 10.9. The zero-order valence-corrected chi connectivity index (χ0v) is 13.3. The van der Waals surface area contributed by atoms with Crippen molar-refractivity contribution in [2.45, 2.75) is 6.10 Å². The molecule has 1 unspecified atom stereocenters. The van der Waals surface area contributed by atoms with Crippen molar-refractivity contribution >= 4 is 32.5 Å². The molecule has 3 rings (SSSR count). The summed E-state index contributed by atoms with van der Waals surface area (Å²) in [6.07, 6.45) is 5.93. The summed E-state index contributed by atoms with van der Waals surface area (Å²) in [6.45, 7) is 0.184. The predicted octanol–water partition coefficient (Wildman–Crippen LogP) is 1.28. The Morgan fingerprint density at radius 2 is 2.17 bits per heavy atom. The number of ether oxygens (including phenoxy) is 1. The molecule has 0 spiro atoms. The van der Waals surface area contributed by atoms with Crippen LogP contribution in [0.2, 0.25) is 0 Å². The van der Waals surface area contributed by atoms with Crippen LogP contribution in [0, 0.1) is 0 Å². The van der Waals surface area contributed by atoms with Gasteiger partial charge >= 0.3 is 0 Å². The van der Waals surface area contributed by atoms with Gasteiger partial charge in [-0.1, -0.05) is 6.07 Å². The highest BCUT2D eigenvalue weighted by Gasteiger charge is 2.18. The molecule has 0 bridgehead atoms. The quantitative estimate of drug-likeness (QED) is 0.903. The standard InChI is InChI=1S/C15H16N4O3S/c1-23(20,21)7-6-17-14-5-4-13(22-14)10-2-3-12-11(8-10)15(16)19-9-18-12/h2-5,8-9,13H,6-7H2,1H3,(H2,16,18,19). The fraction of sp³-hybridized carbons (Fsp3) is 0.267. The Balaban J connectivity index is 1.76. The van der Waals surface area contributed by atoms with Crippen molar-refractivity contribution in [2.24, 2.45) is 4.99 Å². The van der Waals surface area contributed by atoms with Gasteiger partial charge in [0.2, 0.25) is 5.90 Å². The number of nitrogens with zero attached hydrogens (tertiary/aromatic N) is 3. The molecule has 1 aliphatic heterocycles. The molecule has 7 nitrogen and oxygen atoms in total. The third kappa shape index (κ3) is 3.65. The summed E-state index contributed by atoms with van der Waals surface area (Å²) >= 11 is 0. The minimum atomic E-state index is -3.03. The number of hydrogen-bond donors (Lipinski definition) is 1. The number of aromatic nitrogens is 2. The lowest BCUT2D eigenvalue weighted by atomic mass is 10.1. The first-order valence-corrected chi connectivity index (χ1v) is 9.05. The molecule has 2 N–H and O–H groups in total. The van der Waals surface area contributed by atoms with Crippen LogP contribution in [-0.4, -0.2) is 42.8 Å². The summed E-state index contributed by atoms with van der Waals surface area (Å²) in [5, 5.41) is 0.768. The van der Waals surface area contributed by atoms with E-state index in [1.54, 1.807) is 6.08 Å². The first-order valence-electron chi connectivity index (χ1n) is 6.99. The van der Waals surface area contributed by atoms with E-state index in [0.29, 0.717) is 11.7 Å². The van der Waals surface area contributed by atoms with E-state index < -0.39 is 9.84 Å². The van der Waals surface area contributed by atoms with Crippen molar-refractivity contribution in [3.05, 3.63) is 42.2 Å². The second kappa shape index (κ2) is 5.96. The summed E-state index contributed by atoms with van der Waals surface area (Å²) in [7, 11) is -3.03. The highest BCUT2D eigenvalue weighted by molar-refractivity contribution is 7.90. The summed E-state index contributed by atoms with van der Waals surface area (Å²) < 4.78 is 27.9. The molecule has 0 aliphatic carbocycles. The molecule has 0 saturated carbocycles. The summed E-state index contributed by atoms with van der Waals surface area (Å²) in [4.78, 5) is 12.3. The molecule has 0 radical (unpaired) electrons. The van der Waals surface area contributed by atoms with Gasteiger partial charge in [0.1, 0.15) is 28.1 Å². The minimum Gasteiger partial charge on any atom is -0.465 e. The lowest BCUT2D eigenvalue weighted by Gasteiger charge is -2.11.